The number of hydrogen-bond donors (Lipinski definition) is 0. The van der Waals surface area contributed by atoms with Gasteiger partial charge in [0.25, 0.3) is 0 Å². The summed E-state index contributed by atoms with van der Waals surface area (Å²) >= 11 is 0. The second kappa shape index (κ2) is 6.93. The van der Waals surface area contributed by atoms with Crippen molar-refractivity contribution in [2.45, 2.75) is 26.8 Å². The number of hydrogen-bond acceptors (Lipinski definition) is 5. The van der Waals surface area contributed by atoms with E-state index in [1.54, 1.807) is 25.6 Å². The number of aromatic nitrogens is 2. The van der Waals surface area contributed by atoms with Crippen LogP contribution in [0.3, 0.4) is 0 Å². The van der Waals surface area contributed by atoms with E-state index in [0.29, 0.717) is 31.0 Å². The topological polar surface area (TPSA) is 79.4 Å². The quantitative estimate of drug-likeness (QED) is 0.446. The van der Waals surface area contributed by atoms with Gasteiger partial charge in [-0.2, -0.15) is 5.10 Å². The van der Waals surface area contributed by atoms with Crippen LogP contribution < -0.4 is 9.47 Å². The number of rotatable bonds is 7. The van der Waals surface area contributed by atoms with Gasteiger partial charge in [0, 0.05) is 13.0 Å². The second-order valence-electron chi connectivity index (χ2n) is 4.88. The third-order valence-corrected chi connectivity index (χ3v) is 3.37. The molecular formula is C15H19N3O4. The zero-order chi connectivity index (χ0) is 16.1. The minimum absolute atomic E-state index is 0.0936. The molecule has 22 heavy (non-hydrogen) atoms. The lowest BCUT2D eigenvalue weighted by molar-refractivity contribution is -0.386. The van der Waals surface area contributed by atoms with E-state index in [2.05, 4.69) is 5.10 Å². The molecule has 2 rings (SSSR count). The number of nitrogens with zero attached hydrogens (tertiary/aromatic N) is 3. The highest BCUT2D eigenvalue weighted by Gasteiger charge is 2.21. The Hall–Kier alpha value is -2.57. The molecule has 0 unspecified atom stereocenters. The van der Waals surface area contributed by atoms with Gasteiger partial charge in [0.1, 0.15) is 22.9 Å². The van der Waals surface area contributed by atoms with E-state index in [1.807, 2.05) is 24.3 Å². The maximum absolute atomic E-state index is 10.9. The molecule has 0 N–H and O–H groups in total. The lowest BCUT2D eigenvalue weighted by Gasteiger charge is -2.07. The van der Waals surface area contributed by atoms with Crippen molar-refractivity contribution < 1.29 is 14.4 Å². The smallest absolute Gasteiger partial charge is 0.312 e. The van der Waals surface area contributed by atoms with Crippen molar-refractivity contribution in [1.29, 1.82) is 0 Å². The maximum atomic E-state index is 10.9. The number of ether oxygens (including phenoxy) is 2. The molecule has 0 aliphatic carbocycles. The lowest BCUT2D eigenvalue weighted by atomic mass is 10.3. The molecule has 118 valence electrons. The monoisotopic (exact) mass is 305 g/mol. The average molecular weight is 305 g/mol. The fourth-order valence-corrected chi connectivity index (χ4v) is 2.25. The van der Waals surface area contributed by atoms with Crippen LogP contribution in [0, 0.1) is 24.0 Å². The van der Waals surface area contributed by atoms with Crippen LogP contribution in [0.4, 0.5) is 5.69 Å². The summed E-state index contributed by atoms with van der Waals surface area (Å²) in [6, 6.07) is 7.35. The molecule has 7 nitrogen and oxygen atoms in total. The Morgan fingerprint density at radius 1 is 1.23 bits per heavy atom. The van der Waals surface area contributed by atoms with Crippen LogP contribution in [0.5, 0.6) is 11.5 Å². The summed E-state index contributed by atoms with van der Waals surface area (Å²) in [6.07, 6.45) is 0.713. The van der Waals surface area contributed by atoms with Gasteiger partial charge in [-0.15, -0.1) is 0 Å². The molecule has 1 heterocycles. The van der Waals surface area contributed by atoms with Crippen molar-refractivity contribution in [3.05, 3.63) is 45.8 Å². The Morgan fingerprint density at radius 2 is 1.86 bits per heavy atom. The maximum Gasteiger partial charge on any atom is 0.312 e. The van der Waals surface area contributed by atoms with E-state index in [1.165, 1.54) is 0 Å². The molecule has 0 aliphatic heterocycles. The summed E-state index contributed by atoms with van der Waals surface area (Å²) in [5, 5.41) is 15.1. The highest BCUT2D eigenvalue weighted by Crippen LogP contribution is 2.22. The summed E-state index contributed by atoms with van der Waals surface area (Å²) in [6.45, 7) is 4.45. The molecule has 0 aliphatic rings. The molecule has 0 fully saturated rings. The molecule has 0 saturated carbocycles. The van der Waals surface area contributed by atoms with Crippen molar-refractivity contribution in [2.24, 2.45) is 0 Å². The van der Waals surface area contributed by atoms with Crippen LogP contribution in [0.25, 0.3) is 0 Å². The van der Waals surface area contributed by atoms with Crippen molar-refractivity contribution in [2.75, 3.05) is 13.7 Å². The highest BCUT2D eigenvalue weighted by molar-refractivity contribution is 5.39. The van der Waals surface area contributed by atoms with Gasteiger partial charge in [0.15, 0.2) is 0 Å². The first-order valence-electron chi connectivity index (χ1n) is 6.98. The Balaban J connectivity index is 1.86. The van der Waals surface area contributed by atoms with Crippen molar-refractivity contribution >= 4 is 5.69 Å². The molecule has 0 bridgehead atoms. The van der Waals surface area contributed by atoms with Crippen LogP contribution in [0.1, 0.15) is 17.8 Å². The zero-order valence-electron chi connectivity index (χ0n) is 12.9. The summed E-state index contributed by atoms with van der Waals surface area (Å²) in [7, 11) is 1.61. The van der Waals surface area contributed by atoms with Gasteiger partial charge in [-0.25, -0.2) is 0 Å². The molecule has 0 saturated heterocycles. The van der Waals surface area contributed by atoms with Gasteiger partial charge in [-0.05, 0) is 38.1 Å². The summed E-state index contributed by atoms with van der Waals surface area (Å²) in [5.74, 6) is 1.54. The Kier molecular flexibility index (Phi) is 4.98. The third kappa shape index (κ3) is 3.55. The van der Waals surface area contributed by atoms with E-state index in [0.717, 1.165) is 11.5 Å². The first kappa shape index (κ1) is 15.8. The van der Waals surface area contributed by atoms with Crippen LogP contribution >= 0.6 is 0 Å². The van der Waals surface area contributed by atoms with Crippen LogP contribution in [0.2, 0.25) is 0 Å². The van der Waals surface area contributed by atoms with E-state index in [4.69, 9.17) is 9.47 Å². The number of benzene rings is 1. The minimum atomic E-state index is -0.387. The Labute approximate surface area is 128 Å². The van der Waals surface area contributed by atoms with Crippen molar-refractivity contribution in [1.82, 2.24) is 9.78 Å². The number of nitro groups is 1. The van der Waals surface area contributed by atoms with Gasteiger partial charge in [0.2, 0.25) is 0 Å². The largest absolute Gasteiger partial charge is 0.497 e. The molecule has 1 aromatic carbocycles. The van der Waals surface area contributed by atoms with E-state index in [9.17, 15) is 10.1 Å². The highest BCUT2D eigenvalue weighted by atomic mass is 16.6. The molecule has 0 radical (unpaired) electrons. The van der Waals surface area contributed by atoms with E-state index in [-0.39, 0.29) is 10.6 Å². The fourth-order valence-electron chi connectivity index (χ4n) is 2.25. The van der Waals surface area contributed by atoms with Crippen molar-refractivity contribution in [3.8, 4) is 11.5 Å². The normalized spacial score (nSPS) is 10.5. The Bertz CT molecular complexity index is 650. The van der Waals surface area contributed by atoms with Gasteiger partial charge < -0.3 is 9.47 Å². The molecule has 1 aromatic heterocycles. The first-order valence-corrected chi connectivity index (χ1v) is 6.98. The predicted octanol–water partition coefficient (Wildman–Crippen LogP) is 2.89. The summed E-state index contributed by atoms with van der Waals surface area (Å²) in [4.78, 5) is 10.6. The standard InChI is InChI=1S/C15H19N3O4/c1-11-15(18(19)20)12(2)17(16-11)9-4-10-22-14-7-5-13(21-3)6-8-14/h5-8H,4,9-10H2,1-3H3. The van der Waals surface area contributed by atoms with Gasteiger partial charge in [0.05, 0.1) is 18.6 Å². The minimum Gasteiger partial charge on any atom is -0.497 e. The lowest BCUT2D eigenvalue weighted by Crippen LogP contribution is -2.07. The first-order chi connectivity index (χ1) is 10.5. The molecule has 0 amide bonds. The summed E-state index contributed by atoms with van der Waals surface area (Å²) < 4.78 is 12.4. The van der Waals surface area contributed by atoms with Crippen LogP contribution in [0.15, 0.2) is 24.3 Å². The van der Waals surface area contributed by atoms with E-state index >= 15 is 0 Å². The van der Waals surface area contributed by atoms with Crippen LogP contribution in [-0.2, 0) is 6.54 Å². The van der Waals surface area contributed by atoms with Gasteiger partial charge >= 0.3 is 5.69 Å². The predicted molar refractivity (Wildman–Crippen MR) is 81.5 cm³/mol. The molecular weight excluding hydrogens is 286 g/mol. The van der Waals surface area contributed by atoms with Gasteiger partial charge in [-0.1, -0.05) is 0 Å². The van der Waals surface area contributed by atoms with E-state index < -0.39 is 0 Å². The molecule has 0 spiro atoms. The summed E-state index contributed by atoms with van der Waals surface area (Å²) in [5.41, 5.74) is 1.11. The molecule has 2 aromatic rings. The Morgan fingerprint density at radius 3 is 2.41 bits per heavy atom. The van der Waals surface area contributed by atoms with Crippen LogP contribution in [-0.4, -0.2) is 28.4 Å². The molecule has 7 heteroatoms. The second-order valence-corrected chi connectivity index (χ2v) is 4.88. The van der Waals surface area contributed by atoms with Gasteiger partial charge in [-0.3, -0.25) is 14.8 Å². The zero-order valence-corrected chi connectivity index (χ0v) is 12.9. The average Bonchev–Trinajstić information content (AvgIpc) is 2.78. The van der Waals surface area contributed by atoms with Crippen molar-refractivity contribution in [3.63, 3.8) is 0 Å². The molecule has 0 atom stereocenters. The number of methoxy groups -OCH3 is 1. The fraction of sp³-hybridized carbons (Fsp3) is 0.400. The number of aryl methyl sites for hydroxylation is 2. The third-order valence-electron chi connectivity index (χ3n) is 3.37. The SMILES string of the molecule is COc1ccc(OCCCn2nc(C)c([N+](=O)[O-])c2C)cc1.